The van der Waals surface area contributed by atoms with Crippen LogP contribution in [0.4, 0.5) is 0 Å². The topological polar surface area (TPSA) is 66.2 Å². The molecule has 0 aliphatic heterocycles. The third-order valence-corrected chi connectivity index (χ3v) is 3.90. The predicted octanol–water partition coefficient (Wildman–Crippen LogP) is 3.58. The lowest BCUT2D eigenvalue weighted by molar-refractivity contribution is 0.0881. The number of ether oxygens (including phenoxy) is 2. The van der Waals surface area contributed by atoms with Crippen LogP contribution >= 0.6 is 11.6 Å². The fraction of sp³-hybridized carbons (Fsp3) is 0.500. The molecule has 1 heterocycles. The summed E-state index contributed by atoms with van der Waals surface area (Å²) in [7, 11) is 0. The van der Waals surface area contributed by atoms with Crippen molar-refractivity contribution in [3.63, 3.8) is 0 Å². The van der Waals surface area contributed by atoms with Crippen molar-refractivity contribution in [3.8, 4) is 17.4 Å². The fourth-order valence-electron chi connectivity index (χ4n) is 2.26. The molecule has 25 heavy (non-hydrogen) atoms. The highest BCUT2D eigenvalue weighted by atomic mass is 35.5. The zero-order valence-corrected chi connectivity index (χ0v) is 15.5. The third-order valence-electron chi connectivity index (χ3n) is 3.63. The van der Waals surface area contributed by atoms with E-state index in [9.17, 15) is 4.79 Å². The van der Waals surface area contributed by atoms with Crippen molar-refractivity contribution in [1.82, 2.24) is 14.8 Å². The molecule has 136 valence electrons. The van der Waals surface area contributed by atoms with Crippen molar-refractivity contribution in [2.45, 2.75) is 33.1 Å². The number of hydrogen-bond acceptors (Lipinski definition) is 5. The molecule has 6 nitrogen and oxygen atoms in total. The minimum absolute atomic E-state index is 0.151. The van der Waals surface area contributed by atoms with Gasteiger partial charge < -0.3 is 9.47 Å². The van der Waals surface area contributed by atoms with Gasteiger partial charge in [-0.15, -0.1) is 16.7 Å². The SMILES string of the molecule is CCOCCOc1nc(-c2ccc(CC)cc2)n(C(=O)CCCCl)n1. The molecule has 1 aromatic carbocycles. The molecule has 2 aromatic rings. The van der Waals surface area contributed by atoms with Gasteiger partial charge in [-0.3, -0.25) is 4.79 Å². The summed E-state index contributed by atoms with van der Waals surface area (Å²) in [6, 6.07) is 8.10. The first-order valence-electron chi connectivity index (χ1n) is 8.55. The van der Waals surface area contributed by atoms with Gasteiger partial charge in [0.05, 0.1) is 6.61 Å². The number of aryl methyl sites for hydroxylation is 1. The molecular weight excluding hydrogens is 342 g/mol. The number of carbonyl (C=O) groups is 1. The Bertz CT molecular complexity index is 671. The van der Waals surface area contributed by atoms with Gasteiger partial charge >= 0.3 is 6.01 Å². The van der Waals surface area contributed by atoms with E-state index in [0.29, 0.717) is 44.4 Å². The molecule has 0 bridgehead atoms. The lowest BCUT2D eigenvalue weighted by atomic mass is 10.1. The molecular formula is C18H24ClN3O3. The van der Waals surface area contributed by atoms with Crippen LogP contribution in [0.1, 0.15) is 37.0 Å². The maximum atomic E-state index is 12.4. The van der Waals surface area contributed by atoms with Gasteiger partial charge in [-0.05, 0) is 25.3 Å². The number of nitrogens with zero attached hydrogens (tertiary/aromatic N) is 3. The van der Waals surface area contributed by atoms with Crippen LogP contribution in [-0.2, 0) is 11.2 Å². The van der Waals surface area contributed by atoms with E-state index in [4.69, 9.17) is 21.1 Å². The molecule has 0 N–H and O–H groups in total. The van der Waals surface area contributed by atoms with E-state index >= 15 is 0 Å². The number of halogens is 1. The summed E-state index contributed by atoms with van der Waals surface area (Å²) in [5.74, 6) is 0.759. The summed E-state index contributed by atoms with van der Waals surface area (Å²) in [6.07, 6.45) is 1.85. The quantitative estimate of drug-likeness (QED) is 0.475. The van der Waals surface area contributed by atoms with Gasteiger partial charge in [-0.25, -0.2) is 0 Å². The highest BCUT2D eigenvalue weighted by Crippen LogP contribution is 2.21. The lowest BCUT2D eigenvalue weighted by Crippen LogP contribution is -2.14. The first kappa shape index (κ1) is 19.4. The molecule has 0 aliphatic rings. The molecule has 0 radical (unpaired) electrons. The second-order valence-electron chi connectivity index (χ2n) is 5.41. The van der Waals surface area contributed by atoms with E-state index in [0.717, 1.165) is 12.0 Å². The molecule has 7 heteroatoms. The van der Waals surface area contributed by atoms with Crippen molar-refractivity contribution in [2.75, 3.05) is 25.7 Å². The normalized spacial score (nSPS) is 10.8. The molecule has 0 atom stereocenters. The van der Waals surface area contributed by atoms with E-state index < -0.39 is 0 Å². The van der Waals surface area contributed by atoms with Crippen LogP contribution in [0, 0.1) is 0 Å². The Balaban J connectivity index is 2.23. The maximum absolute atomic E-state index is 12.4. The Kier molecular flexibility index (Phi) is 7.88. The van der Waals surface area contributed by atoms with Gasteiger partial charge in [0.25, 0.3) is 0 Å². The monoisotopic (exact) mass is 365 g/mol. The fourth-order valence-corrected chi connectivity index (χ4v) is 2.40. The Morgan fingerprint density at radius 3 is 2.60 bits per heavy atom. The highest BCUT2D eigenvalue weighted by molar-refractivity contribution is 6.17. The second kappa shape index (κ2) is 10.2. The maximum Gasteiger partial charge on any atom is 0.336 e. The number of benzene rings is 1. The standard InChI is InChI=1S/C18H24ClN3O3/c1-3-14-7-9-15(10-8-14)17-20-18(25-13-12-24-4-2)21-22(17)16(23)6-5-11-19/h7-10H,3-6,11-13H2,1-2H3. The molecule has 2 rings (SSSR count). The van der Waals surface area contributed by atoms with Gasteiger partial charge in [-0.2, -0.15) is 9.67 Å². The molecule has 0 saturated heterocycles. The van der Waals surface area contributed by atoms with Gasteiger partial charge in [0, 0.05) is 24.5 Å². The summed E-state index contributed by atoms with van der Waals surface area (Å²) in [6.45, 7) is 5.42. The van der Waals surface area contributed by atoms with Crippen molar-refractivity contribution in [3.05, 3.63) is 29.8 Å². The van der Waals surface area contributed by atoms with Gasteiger partial charge in [-0.1, -0.05) is 31.2 Å². The third kappa shape index (κ3) is 5.54. The number of alkyl halides is 1. The van der Waals surface area contributed by atoms with Crippen molar-refractivity contribution in [2.24, 2.45) is 0 Å². The average molecular weight is 366 g/mol. The van der Waals surface area contributed by atoms with Gasteiger partial charge in [0.15, 0.2) is 5.82 Å². The average Bonchev–Trinajstić information content (AvgIpc) is 3.07. The summed E-state index contributed by atoms with van der Waals surface area (Å²) < 4.78 is 12.0. The zero-order chi connectivity index (χ0) is 18.1. The first-order chi connectivity index (χ1) is 12.2. The molecule has 1 aromatic heterocycles. The summed E-state index contributed by atoms with van der Waals surface area (Å²) in [5.41, 5.74) is 2.04. The summed E-state index contributed by atoms with van der Waals surface area (Å²) >= 11 is 5.69. The molecule has 0 aliphatic carbocycles. The zero-order valence-electron chi connectivity index (χ0n) is 14.7. The van der Waals surface area contributed by atoms with Crippen molar-refractivity contribution >= 4 is 17.5 Å². The molecule has 0 fully saturated rings. The summed E-state index contributed by atoms with van der Waals surface area (Å²) in [5, 5.41) is 4.21. The van der Waals surface area contributed by atoms with Gasteiger partial charge in [0.2, 0.25) is 5.91 Å². The van der Waals surface area contributed by atoms with Crippen LogP contribution < -0.4 is 4.74 Å². The Hall–Kier alpha value is -1.92. The van der Waals surface area contributed by atoms with E-state index in [-0.39, 0.29) is 11.9 Å². The second-order valence-corrected chi connectivity index (χ2v) is 5.79. The van der Waals surface area contributed by atoms with Crippen LogP contribution in [0.5, 0.6) is 6.01 Å². The summed E-state index contributed by atoms with van der Waals surface area (Å²) in [4.78, 5) is 16.8. The number of rotatable bonds is 10. The van der Waals surface area contributed by atoms with Crippen LogP contribution in [0.3, 0.4) is 0 Å². The first-order valence-corrected chi connectivity index (χ1v) is 9.09. The van der Waals surface area contributed by atoms with Crippen molar-refractivity contribution < 1.29 is 14.3 Å². The molecule has 0 unspecified atom stereocenters. The predicted molar refractivity (Wildman–Crippen MR) is 97.4 cm³/mol. The van der Waals surface area contributed by atoms with E-state index in [1.54, 1.807) is 0 Å². The lowest BCUT2D eigenvalue weighted by Gasteiger charge is -2.04. The Morgan fingerprint density at radius 1 is 1.20 bits per heavy atom. The Labute approximate surface area is 153 Å². The van der Waals surface area contributed by atoms with Crippen LogP contribution in [0.2, 0.25) is 0 Å². The van der Waals surface area contributed by atoms with Crippen molar-refractivity contribution in [1.29, 1.82) is 0 Å². The number of carbonyl (C=O) groups excluding carboxylic acids is 1. The van der Waals surface area contributed by atoms with Crippen LogP contribution in [-0.4, -0.2) is 46.4 Å². The van der Waals surface area contributed by atoms with Crippen LogP contribution in [0.25, 0.3) is 11.4 Å². The molecule has 0 saturated carbocycles. The van der Waals surface area contributed by atoms with Crippen LogP contribution in [0.15, 0.2) is 24.3 Å². The van der Waals surface area contributed by atoms with Gasteiger partial charge in [0.1, 0.15) is 6.61 Å². The number of aromatic nitrogens is 3. The molecule has 0 amide bonds. The van der Waals surface area contributed by atoms with E-state index in [1.165, 1.54) is 10.2 Å². The largest absolute Gasteiger partial charge is 0.460 e. The Morgan fingerprint density at radius 2 is 1.96 bits per heavy atom. The molecule has 0 spiro atoms. The smallest absolute Gasteiger partial charge is 0.336 e. The van der Waals surface area contributed by atoms with E-state index in [2.05, 4.69) is 17.0 Å². The highest BCUT2D eigenvalue weighted by Gasteiger charge is 2.18. The minimum atomic E-state index is -0.151. The number of hydrogen-bond donors (Lipinski definition) is 0. The minimum Gasteiger partial charge on any atom is -0.460 e. The van der Waals surface area contributed by atoms with E-state index in [1.807, 2.05) is 31.2 Å².